The maximum absolute atomic E-state index is 11.1. The monoisotopic (exact) mass is 260 g/mol. The molecule has 0 saturated carbocycles. The van der Waals surface area contributed by atoms with Gasteiger partial charge in [-0.1, -0.05) is 13.3 Å². The molecule has 0 aliphatic carbocycles. The summed E-state index contributed by atoms with van der Waals surface area (Å²) in [5.41, 5.74) is 7.49. The fourth-order valence-electron chi connectivity index (χ4n) is 0.609. The molecule has 78 valence electrons. The van der Waals surface area contributed by atoms with Crippen molar-refractivity contribution in [3.05, 3.63) is 0 Å². The molecular formula is C6H19KN2NaO3P. The fraction of sp³-hybridized carbons (Fsp3) is 1.00. The van der Waals surface area contributed by atoms with E-state index >= 15 is 0 Å². The van der Waals surface area contributed by atoms with Crippen molar-refractivity contribution in [3.8, 4) is 0 Å². The summed E-state index contributed by atoms with van der Waals surface area (Å²) in [7, 11) is -3.41. The number of rotatable bonds is 7. The molecule has 1 atom stereocenters. The smallest absolute Gasteiger partial charge is 1.00 e. The Morgan fingerprint density at radius 2 is 2.21 bits per heavy atom. The molecule has 0 bridgehead atoms. The average Bonchev–Trinajstić information content (AvgIpc) is 2.01. The molecule has 0 aromatic heterocycles. The van der Waals surface area contributed by atoms with Crippen LogP contribution in [-0.2, 0) is 9.19 Å². The first-order valence-electron chi connectivity index (χ1n) is 4.05. The summed E-state index contributed by atoms with van der Waals surface area (Å²) in [6.45, 7) is 2.72. The third-order valence-corrected chi connectivity index (χ3v) is 2.54. The van der Waals surface area contributed by atoms with E-state index in [1.165, 1.54) is 0 Å². The van der Waals surface area contributed by atoms with E-state index in [2.05, 4.69) is 10.1 Å². The van der Waals surface area contributed by atoms with E-state index in [-0.39, 0.29) is 90.0 Å². The minimum atomic E-state index is -3.41. The van der Waals surface area contributed by atoms with Crippen LogP contribution in [0, 0.1) is 0 Å². The van der Waals surface area contributed by atoms with Gasteiger partial charge in [-0.05, 0) is 6.42 Å². The standard InChI is InChI=1S/C6H17N2O3P.K.Na.2H/c1-2-3-6-12(9,10)11-8-5-4-7;;;;/h8H,2-7H2,1H3,(H,9,10);;;;/q;2*+1;2*-1. The first-order chi connectivity index (χ1) is 5.62. The van der Waals surface area contributed by atoms with Gasteiger partial charge in [-0.3, -0.25) is 4.57 Å². The molecule has 0 heterocycles. The molecule has 1 unspecified atom stereocenters. The van der Waals surface area contributed by atoms with Crippen LogP contribution in [0.25, 0.3) is 0 Å². The van der Waals surface area contributed by atoms with E-state index in [4.69, 9.17) is 10.6 Å². The Balaban J connectivity index is -0.000000101. The number of hydrogen-bond acceptors (Lipinski definition) is 4. The summed E-state index contributed by atoms with van der Waals surface area (Å²) in [6.07, 6.45) is 1.77. The van der Waals surface area contributed by atoms with E-state index in [1.807, 2.05) is 6.92 Å². The Bertz CT molecular complexity index is 173. The van der Waals surface area contributed by atoms with Crippen LogP contribution < -0.4 is 92.2 Å². The second-order valence-corrected chi connectivity index (χ2v) is 4.39. The van der Waals surface area contributed by atoms with Gasteiger partial charge in [0.2, 0.25) is 0 Å². The minimum absolute atomic E-state index is 0. The summed E-state index contributed by atoms with van der Waals surface area (Å²) in [5.74, 6) is 0. The van der Waals surface area contributed by atoms with Crippen LogP contribution in [0.15, 0.2) is 0 Å². The van der Waals surface area contributed by atoms with Crippen LogP contribution in [-0.4, -0.2) is 24.1 Å². The third kappa shape index (κ3) is 14.7. The number of nitrogens with two attached hydrogens (primary N) is 1. The van der Waals surface area contributed by atoms with Gasteiger partial charge < -0.3 is 13.5 Å². The molecule has 5 nitrogen and oxygen atoms in total. The normalized spacial score (nSPS) is 13.6. The van der Waals surface area contributed by atoms with Crippen LogP contribution in [0.2, 0.25) is 0 Å². The molecule has 0 spiro atoms. The second kappa shape index (κ2) is 13.8. The zero-order valence-electron chi connectivity index (χ0n) is 11.3. The Kier molecular flexibility index (Phi) is 21.6. The predicted molar refractivity (Wildman–Crippen MR) is 50.0 cm³/mol. The Labute approximate surface area is 153 Å². The van der Waals surface area contributed by atoms with Crippen molar-refractivity contribution in [2.45, 2.75) is 19.8 Å². The second-order valence-electron chi connectivity index (χ2n) is 2.49. The van der Waals surface area contributed by atoms with E-state index in [0.717, 1.165) is 6.42 Å². The van der Waals surface area contributed by atoms with Crippen LogP contribution in [0.5, 0.6) is 0 Å². The molecule has 0 saturated heterocycles. The SMILES string of the molecule is CCCCP(=O)(O)ONCCN.[H-].[H-].[K+].[Na+]. The average molecular weight is 260 g/mol. The maximum atomic E-state index is 11.1. The Hall–Kier alpha value is 2.71. The molecule has 0 aromatic carbocycles. The molecule has 0 rings (SSSR count). The largest absolute Gasteiger partial charge is 1.00 e. The Morgan fingerprint density at radius 3 is 2.64 bits per heavy atom. The zero-order valence-corrected chi connectivity index (χ0v) is 15.3. The number of hydrogen-bond donors (Lipinski definition) is 3. The van der Waals surface area contributed by atoms with Gasteiger partial charge in [0.15, 0.2) is 0 Å². The van der Waals surface area contributed by atoms with E-state index in [9.17, 15) is 4.57 Å². The predicted octanol–water partition coefficient (Wildman–Crippen LogP) is -5.32. The van der Waals surface area contributed by atoms with E-state index in [1.54, 1.807) is 0 Å². The summed E-state index contributed by atoms with van der Waals surface area (Å²) >= 11 is 0. The molecule has 8 heteroatoms. The molecular weight excluding hydrogens is 241 g/mol. The van der Waals surface area contributed by atoms with Crippen molar-refractivity contribution in [2.24, 2.45) is 5.73 Å². The molecule has 4 N–H and O–H groups in total. The van der Waals surface area contributed by atoms with Gasteiger partial charge in [-0.25, -0.2) is 4.62 Å². The molecule has 0 aromatic rings. The third-order valence-electron chi connectivity index (χ3n) is 1.25. The van der Waals surface area contributed by atoms with Gasteiger partial charge in [0, 0.05) is 13.1 Å². The van der Waals surface area contributed by atoms with Gasteiger partial charge in [0.25, 0.3) is 0 Å². The summed E-state index contributed by atoms with van der Waals surface area (Å²) in [4.78, 5) is 9.10. The molecule has 0 aliphatic heterocycles. The molecule has 0 amide bonds. The van der Waals surface area contributed by atoms with Crippen LogP contribution in [0.3, 0.4) is 0 Å². The first kappa shape index (κ1) is 21.9. The van der Waals surface area contributed by atoms with Gasteiger partial charge >= 0.3 is 88.5 Å². The Morgan fingerprint density at radius 1 is 1.64 bits per heavy atom. The van der Waals surface area contributed by atoms with Gasteiger partial charge in [0.05, 0.1) is 6.16 Å². The van der Waals surface area contributed by atoms with Gasteiger partial charge in [0.1, 0.15) is 0 Å². The number of nitrogens with one attached hydrogen (secondary N) is 1. The molecule has 0 aliphatic rings. The first-order valence-corrected chi connectivity index (χ1v) is 5.82. The molecule has 0 fully saturated rings. The van der Waals surface area contributed by atoms with Gasteiger partial charge in [-0.15, -0.1) is 0 Å². The van der Waals surface area contributed by atoms with E-state index in [0.29, 0.717) is 19.5 Å². The number of unbranched alkanes of at least 4 members (excludes halogenated alkanes) is 1. The summed E-state index contributed by atoms with van der Waals surface area (Å²) < 4.78 is 15.6. The van der Waals surface area contributed by atoms with E-state index < -0.39 is 7.60 Å². The summed E-state index contributed by atoms with van der Waals surface area (Å²) in [5, 5.41) is 0. The zero-order chi connectivity index (χ0) is 9.45. The quantitative estimate of drug-likeness (QED) is 0.184. The van der Waals surface area contributed by atoms with Gasteiger partial charge in [-0.2, -0.15) is 5.48 Å². The minimum Gasteiger partial charge on any atom is -1.00 e. The fourth-order valence-corrected chi connectivity index (χ4v) is 1.71. The molecule has 14 heavy (non-hydrogen) atoms. The van der Waals surface area contributed by atoms with Crippen molar-refractivity contribution in [1.29, 1.82) is 0 Å². The summed E-state index contributed by atoms with van der Waals surface area (Å²) in [6, 6.07) is 0. The van der Waals surface area contributed by atoms with Crippen molar-refractivity contribution >= 4 is 7.60 Å². The van der Waals surface area contributed by atoms with Crippen LogP contribution >= 0.6 is 7.60 Å². The van der Waals surface area contributed by atoms with Crippen LogP contribution in [0.1, 0.15) is 22.6 Å². The number of hydroxylamine groups is 1. The maximum Gasteiger partial charge on any atom is 1.00 e. The van der Waals surface area contributed by atoms with Crippen molar-refractivity contribution in [3.63, 3.8) is 0 Å². The topological polar surface area (TPSA) is 84.6 Å². The van der Waals surface area contributed by atoms with Crippen LogP contribution in [0.4, 0.5) is 0 Å². The van der Waals surface area contributed by atoms with Crippen molar-refractivity contribution in [1.82, 2.24) is 5.48 Å². The van der Waals surface area contributed by atoms with Crippen molar-refractivity contribution in [2.75, 3.05) is 19.3 Å². The molecule has 0 radical (unpaired) electrons. The van der Waals surface area contributed by atoms with Crippen molar-refractivity contribution < 1.29 is 97.9 Å².